The predicted molar refractivity (Wildman–Crippen MR) is 159 cm³/mol. The number of aromatic nitrogens is 1. The molecule has 0 aliphatic carbocycles. The first-order valence-electron chi connectivity index (χ1n) is 13.4. The molecule has 37 heavy (non-hydrogen) atoms. The van der Waals surface area contributed by atoms with Crippen LogP contribution in [0.25, 0.3) is 54.9 Å². The fourth-order valence-electron chi connectivity index (χ4n) is 5.82. The summed E-state index contributed by atoms with van der Waals surface area (Å²) in [7, 11) is 0. The Morgan fingerprint density at radius 2 is 1.57 bits per heavy atom. The minimum absolute atomic E-state index is 0.00216. The molecule has 6 aromatic rings. The largest absolute Gasteiger partial charge is 0.455 e. The van der Waals surface area contributed by atoms with Crippen molar-refractivity contribution >= 4 is 43.6 Å². The van der Waals surface area contributed by atoms with E-state index in [1.54, 1.807) is 0 Å². The van der Waals surface area contributed by atoms with Gasteiger partial charge in [-0.1, -0.05) is 83.1 Å². The molecule has 2 heterocycles. The zero-order valence-electron chi connectivity index (χ0n) is 23.0. The van der Waals surface area contributed by atoms with Crippen LogP contribution >= 0.6 is 0 Å². The molecule has 0 unspecified atom stereocenters. The lowest BCUT2D eigenvalue weighted by Crippen LogP contribution is -2.12. The molecule has 0 aliphatic heterocycles. The number of pyridine rings is 1. The molecule has 4 aromatic carbocycles. The third-order valence-corrected chi connectivity index (χ3v) is 7.78. The minimum Gasteiger partial charge on any atom is -0.455 e. The van der Waals surface area contributed by atoms with Gasteiger partial charge in [0.25, 0.3) is 0 Å². The Kier molecular flexibility index (Phi) is 5.42. The van der Waals surface area contributed by atoms with Crippen molar-refractivity contribution in [3.63, 3.8) is 0 Å². The van der Waals surface area contributed by atoms with E-state index in [1.807, 2.05) is 0 Å². The number of hydrogen-bond donors (Lipinski definition) is 0. The van der Waals surface area contributed by atoms with Gasteiger partial charge in [0.15, 0.2) is 0 Å². The highest BCUT2D eigenvalue weighted by Gasteiger charge is 2.23. The maximum Gasteiger partial charge on any atom is 0.147 e. The molecule has 0 bridgehead atoms. The molecule has 2 aromatic heterocycles. The highest BCUT2D eigenvalue weighted by atomic mass is 16.3. The summed E-state index contributed by atoms with van der Waals surface area (Å²) in [6.07, 6.45) is 0.986. The zero-order chi connectivity index (χ0) is 26.1. The van der Waals surface area contributed by atoms with Crippen molar-refractivity contribution in [3.8, 4) is 11.3 Å². The van der Waals surface area contributed by atoms with Crippen LogP contribution in [0.4, 0.5) is 0 Å². The predicted octanol–water partition coefficient (Wildman–Crippen LogP) is 10.1. The van der Waals surface area contributed by atoms with Gasteiger partial charge in [-0.2, -0.15) is 0 Å². The van der Waals surface area contributed by atoms with E-state index in [9.17, 15) is 0 Å². The molecular weight excluding hydrogens is 450 g/mol. The zero-order valence-corrected chi connectivity index (χ0v) is 23.0. The van der Waals surface area contributed by atoms with Crippen molar-refractivity contribution in [1.29, 1.82) is 0 Å². The summed E-state index contributed by atoms with van der Waals surface area (Å²) >= 11 is 0. The van der Waals surface area contributed by atoms with Crippen LogP contribution in [-0.2, 0) is 11.8 Å². The number of nitrogens with zero attached hydrogens (tertiary/aromatic N) is 1. The average Bonchev–Trinajstić information content (AvgIpc) is 3.25. The van der Waals surface area contributed by atoms with E-state index in [4.69, 9.17) is 9.40 Å². The van der Waals surface area contributed by atoms with Crippen LogP contribution in [0.5, 0.6) is 0 Å². The topological polar surface area (TPSA) is 26.0 Å². The van der Waals surface area contributed by atoms with Gasteiger partial charge in [0.1, 0.15) is 11.2 Å². The van der Waals surface area contributed by atoms with E-state index in [2.05, 4.69) is 115 Å². The Morgan fingerprint density at radius 1 is 0.811 bits per heavy atom. The Balaban J connectivity index is 1.80. The third kappa shape index (κ3) is 3.82. The summed E-state index contributed by atoms with van der Waals surface area (Å²) in [5.74, 6) is 0.548. The van der Waals surface area contributed by atoms with Crippen LogP contribution in [0, 0.1) is 19.8 Å². The minimum atomic E-state index is 0.00216. The van der Waals surface area contributed by atoms with Crippen molar-refractivity contribution in [2.75, 3.05) is 0 Å². The molecule has 0 saturated heterocycles. The Labute approximate surface area is 219 Å². The molecule has 0 radical (unpaired) electrons. The highest BCUT2D eigenvalue weighted by molar-refractivity contribution is 6.20. The average molecular weight is 486 g/mol. The number of furan rings is 1. The first-order valence-corrected chi connectivity index (χ1v) is 13.4. The Bertz CT molecular complexity index is 1830. The van der Waals surface area contributed by atoms with Crippen LogP contribution in [0.1, 0.15) is 56.9 Å². The van der Waals surface area contributed by atoms with Crippen molar-refractivity contribution in [1.82, 2.24) is 4.98 Å². The van der Waals surface area contributed by atoms with Gasteiger partial charge in [-0.15, -0.1) is 0 Å². The van der Waals surface area contributed by atoms with E-state index in [0.29, 0.717) is 5.92 Å². The molecule has 6 rings (SSSR count). The third-order valence-electron chi connectivity index (χ3n) is 7.78. The fourth-order valence-corrected chi connectivity index (χ4v) is 5.82. The first-order chi connectivity index (χ1) is 17.6. The Hall–Kier alpha value is -3.65. The van der Waals surface area contributed by atoms with E-state index < -0.39 is 0 Å². The monoisotopic (exact) mass is 485 g/mol. The summed E-state index contributed by atoms with van der Waals surface area (Å²) in [5, 5.41) is 5.95. The molecule has 2 nitrogen and oxygen atoms in total. The number of aryl methyl sites for hydroxylation is 2. The summed E-state index contributed by atoms with van der Waals surface area (Å²) in [6, 6.07) is 24.3. The van der Waals surface area contributed by atoms with Gasteiger partial charge < -0.3 is 4.42 Å². The lowest BCUT2D eigenvalue weighted by atomic mass is 9.82. The number of rotatable bonds is 3. The van der Waals surface area contributed by atoms with Crippen molar-refractivity contribution < 1.29 is 4.42 Å². The molecule has 0 amide bonds. The SMILES string of the molecule is Cc1ccc2nc(-c3cc(C(C)(C)C)c4ccccc4c3)c3c4cccc(CC(C)C)c4oc3c2c1C. The lowest BCUT2D eigenvalue weighted by molar-refractivity contribution is 0.596. The Morgan fingerprint density at radius 3 is 2.32 bits per heavy atom. The van der Waals surface area contributed by atoms with Crippen LogP contribution in [-0.4, -0.2) is 4.98 Å². The summed E-state index contributed by atoms with van der Waals surface area (Å²) in [6.45, 7) is 15.8. The molecular formula is C35H35NO. The first kappa shape index (κ1) is 23.7. The molecule has 0 aliphatic rings. The maximum atomic E-state index is 6.84. The van der Waals surface area contributed by atoms with E-state index in [1.165, 1.54) is 33.0 Å². The number of para-hydroxylation sites is 1. The molecule has 0 N–H and O–H groups in total. The molecule has 186 valence electrons. The standard InChI is InChI=1S/C35H35NO/c1-20(2)17-24-12-10-14-27-31-32(25-18-23-11-8-9-13-26(23)28(19-25)35(5,6)7)36-29-16-15-21(3)22(4)30(29)34(31)37-33(24)27/h8-16,18-20H,17H2,1-7H3. The summed E-state index contributed by atoms with van der Waals surface area (Å²) < 4.78 is 6.84. The molecule has 0 atom stereocenters. The number of fused-ring (bicyclic) bond motifs is 6. The van der Waals surface area contributed by atoms with Crippen molar-refractivity contribution in [2.45, 2.75) is 60.3 Å². The molecule has 2 heteroatoms. The fraction of sp³-hybridized carbons (Fsp3) is 0.286. The van der Waals surface area contributed by atoms with E-state index in [-0.39, 0.29) is 5.41 Å². The van der Waals surface area contributed by atoms with E-state index in [0.717, 1.165) is 50.5 Å². The highest BCUT2D eigenvalue weighted by Crippen LogP contribution is 2.43. The van der Waals surface area contributed by atoms with E-state index >= 15 is 0 Å². The van der Waals surface area contributed by atoms with Gasteiger partial charge in [-0.05, 0) is 82.8 Å². The van der Waals surface area contributed by atoms with Gasteiger partial charge >= 0.3 is 0 Å². The smallest absolute Gasteiger partial charge is 0.147 e. The second kappa shape index (κ2) is 8.45. The normalized spacial score (nSPS) is 12.5. The van der Waals surface area contributed by atoms with Crippen LogP contribution < -0.4 is 0 Å². The van der Waals surface area contributed by atoms with Gasteiger partial charge in [0.05, 0.1) is 16.6 Å². The summed E-state index contributed by atoms with van der Waals surface area (Å²) in [5.41, 5.74) is 10.2. The van der Waals surface area contributed by atoms with Crippen LogP contribution in [0.2, 0.25) is 0 Å². The van der Waals surface area contributed by atoms with Gasteiger partial charge in [0.2, 0.25) is 0 Å². The van der Waals surface area contributed by atoms with Crippen molar-refractivity contribution in [2.24, 2.45) is 5.92 Å². The quantitative estimate of drug-likeness (QED) is 0.249. The van der Waals surface area contributed by atoms with Gasteiger partial charge in [-0.25, -0.2) is 4.98 Å². The van der Waals surface area contributed by atoms with Crippen LogP contribution in [0.15, 0.2) is 71.1 Å². The molecule has 0 fully saturated rings. The second-order valence-electron chi connectivity index (χ2n) is 12.1. The lowest BCUT2D eigenvalue weighted by Gasteiger charge is -2.23. The van der Waals surface area contributed by atoms with Gasteiger partial charge in [0, 0.05) is 16.3 Å². The number of benzene rings is 4. The van der Waals surface area contributed by atoms with Gasteiger partial charge in [-0.3, -0.25) is 0 Å². The maximum absolute atomic E-state index is 6.84. The van der Waals surface area contributed by atoms with Crippen LogP contribution in [0.3, 0.4) is 0 Å². The van der Waals surface area contributed by atoms with Crippen molar-refractivity contribution in [3.05, 3.63) is 89.0 Å². The number of hydrogen-bond acceptors (Lipinski definition) is 2. The second-order valence-corrected chi connectivity index (χ2v) is 12.1. The molecule has 0 spiro atoms. The molecule has 0 saturated carbocycles. The summed E-state index contributed by atoms with van der Waals surface area (Å²) in [4.78, 5) is 5.36.